The average Bonchev–Trinajstić information content (AvgIpc) is 2.23. The topological polar surface area (TPSA) is 47.6 Å². The molecule has 1 heterocycles. The van der Waals surface area contributed by atoms with Crippen LogP contribution in [-0.2, 0) is 14.3 Å². The Morgan fingerprint density at radius 2 is 2.31 bits per heavy atom. The summed E-state index contributed by atoms with van der Waals surface area (Å²) in [6, 6.07) is 0. The van der Waals surface area contributed by atoms with Crippen LogP contribution >= 0.6 is 0 Å². The molecule has 0 aromatic heterocycles. The van der Waals surface area contributed by atoms with E-state index in [4.69, 9.17) is 9.47 Å². The molecule has 0 bridgehead atoms. The fourth-order valence-corrected chi connectivity index (χ4v) is 2.12. The zero-order valence-corrected chi connectivity index (χ0v) is 9.74. The number of nitrogens with one attached hydrogen (secondary N) is 1. The summed E-state index contributed by atoms with van der Waals surface area (Å²) in [7, 11) is 0. The third-order valence-corrected chi connectivity index (χ3v) is 3.41. The number of hydrogen-bond acceptors (Lipinski definition) is 4. The molecule has 1 saturated carbocycles. The Morgan fingerprint density at radius 1 is 1.44 bits per heavy atom. The summed E-state index contributed by atoms with van der Waals surface area (Å²) in [4.78, 5) is 11.5. The highest BCUT2D eigenvalue weighted by Crippen LogP contribution is 2.29. The van der Waals surface area contributed by atoms with Crippen LogP contribution in [0.2, 0.25) is 0 Å². The van der Waals surface area contributed by atoms with Gasteiger partial charge in [-0.2, -0.15) is 0 Å². The van der Waals surface area contributed by atoms with Gasteiger partial charge >= 0.3 is 5.97 Å². The molecule has 0 radical (unpaired) electrons. The molecule has 1 N–H and O–H groups in total. The van der Waals surface area contributed by atoms with Crippen LogP contribution in [0.25, 0.3) is 0 Å². The summed E-state index contributed by atoms with van der Waals surface area (Å²) in [5.41, 5.74) is 0. The lowest BCUT2D eigenvalue weighted by molar-refractivity contribution is -0.147. The van der Waals surface area contributed by atoms with Gasteiger partial charge in [0, 0.05) is 13.1 Å². The van der Waals surface area contributed by atoms with E-state index < -0.39 is 0 Å². The van der Waals surface area contributed by atoms with Gasteiger partial charge in [-0.3, -0.25) is 4.79 Å². The van der Waals surface area contributed by atoms with Crippen molar-refractivity contribution in [2.75, 3.05) is 26.3 Å². The van der Waals surface area contributed by atoms with Gasteiger partial charge in [0.05, 0.1) is 25.7 Å². The minimum absolute atomic E-state index is 0.00459. The van der Waals surface area contributed by atoms with E-state index in [9.17, 15) is 4.79 Å². The molecule has 0 aromatic carbocycles. The van der Waals surface area contributed by atoms with E-state index in [0.29, 0.717) is 19.6 Å². The minimum Gasteiger partial charge on any atom is -0.466 e. The number of ether oxygens (including phenoxy) is 2. The second kappa shape index (κ2) is 6.21. The molecule has 1 unspecified atom stereocenters. The van der Waals surface area contributed by atoms with Gasteiger partial charge < -0.3 is 14.8 Å². The molecule has 0 aromatic rings. The van der Waals surface area contributed by atoms with Crippen molar-refractivity contribution < 1.29 is 14.3 Å². The number of hydrogen-bond donors (Lipinski definition) is 1. The lowest BCUT2D eigenvalue weighted by Gasteiger charge is -2.25. The Hall–Kier alpha value is -0.610. The predicted molar refractivity (Wildman–Crippen MR) is 60.1 cm³/mol. The monoisotopic (exact) mass is 227 g/mol. The van der Waals surface area contributed by atoms with Crippen LogP contribution in [-0.4, -0.2) is 38.4 Å². The van der Waals surface area contributed by atoms with Gasteiger partial charge in [0.2, 0.25) is 0 Å². The van der Waals surface area contributed by atoms with E-state index in [1.54, 1.807) is 0 Å². The number of carbonyl (C=O) groups is 1. The molecule has 16 heavy (non-hydrogen) atoms. The van der Waals surface area contributed by atoms with Crippen molar-refractivity contribution >= 4 is 5.97 Å². The second-order valence-corrected chi connectivity index (χ2v) is 4.71. The van der Waals surface area contributed by atoms with E-state index in [0.717, 1.165) is 25.4 Å². The van der Waals surface area contributed by atoms with Gasteiger partial charge in [-0.1, -0.05) is 19.3 Å². The van der Waals surface area contributed by atoms with E-state index in [-0.39, 0.29) is 12.1 Å². The summed E-state index contributed by atoms with van der Waals surface area (Å²) in [6.45, 7) is 2.93. The van der Waals surface area contributed by atoms with Crippen LogP contribution < -0.4 is 5.32 Å². The largest absolute Gasteiger partial charge is 0.466 e. The second-order valence-electron chi connectivity index (χ2n) is 4.71. The van der Waals surface area contributed by atoms with E-state index >= 15 is 0 Å². The molecule has 1 saturated heterocycles. The van der Waals surface area contributed by atoms with E-state index in [1.807, 2.05) is 0 Å². The SMILES string of the molecule is O=C(CC1CNCCO1)OCCC1CCC1. The normalized spacial score (nSPS) is 26.1. The molecule has 2 fully saturated rings. The van der Waals surface area contributed by atoms with E-state index in [1.165, 1.54) is 19.3 Å². The lowest BCUT2D eigenvalue weighted by Crippen LogP contribution is -2.39. The summed E-state index contributed by atoms with van der Waals surface area (Å²) < 4.78 is 10.6. The molecule has 0 amide bonds. The molecule has 1 aliphatic carbocycles. The number of morpholine rings is 1. The van der Waals surface area contributed by atoms with Crippen molar-refractivity contribution in [2.24, 2.45) is 5.92 Å². The van der Waals surface area contributed by atoms with Gasteiger partial charge in [0.15, 0.2) is 0 Å². The molecular formula is C12H21NO3. The molecular weight excluding hydrogens is 206 g/mol. The molecule has 2 aliphatic rings. The lowest BCUT2D eigenvalue weighted by atomic mass is 9.83. The average molecular weight is 227 g/mol. The van der Waals surface area contributed by atoms with Crippen LogP contribution in [0.15, 0.2) is 0 Å². The summed E-state index contributed by atoms with van der Waals surface area (Å²) in [5.74, 6) is 0.688. The van der Waals surface area contributed by atoms with Crippen molar-refractivity contribution in [3.8, 4) is 0 Å². The first-order valence-corrected chi connectivity index (χ1v) is 6.32. The molecule has 92 valence electrons. The van der Waals surface area contributed by atoms with E-state index in [2.05, 4.69) is 5.32 Å². The third-order valence-electron chi connectivity index (χ3n) is 3.41. The Kier molecular flexibility index (Phi) is 4.60. The van der Waals surface area contributed by atoms with Gasteiger partial charge in [-0.05, 0) is 12.3 Å². The van der Waals surface area contributed by atoms with Crippen LogP contribution in [0.1, 0.15) is 32.1 Å². The Bertz CT molecular complexity index is 222. The maximum atomic E-state index is 11.5. The quantitative estimate of drug-likeness (QED) is 0.714. The van der Waals surface area contributed by atoms with Crippen molar-refractivity contribution in [3.63, 3.8) is 0 Å². The highest BCUT2D eigenvalue weighted by atomic mass is 16.5. The van der Waals surface area contributed by atoms with Crippen LogP contribution in [0.3, 0.4) is 0 Å². The molecule has 0 spiro atoms. The molecule has 1 aliphatic heterocycles. The first-order valence-electron chi connectivity index (χ1n) is 6.32. The Morgan fingerprint density at radius 3 is 2.94 bits per heavy atom. The van der Waals surface area contributed by atoms with Crippen molar-refractivity contribution in [1.29, 1.82) is 0 Å². The first-order chi connectivity index (χ1) is 7.84. The number of carbonyl (C=O) groups excluding carboxylic acids is 1. The predicted octanol–water partition coefficient (Wildman–Crippen LogP) is 1.10. The molecule has 1 atom stereocenters. The van der Waals surface area contributed by atoms with Crippen molar-refractivity contribution in [1.82, 2.24) is 5.32 Å². The highest BCUT2D eigenvalue weighted by Gasteiger charge is 2.20. The van der Waals surface area contributed by atoms with Crippen molar-refractivity contribution in [2.45, 2.75) is 38.2 Å². The maximum Gasteiger partial charge on any atom is 0.308 e. The molecule has 4 heteroatoms. The third kappa shape index (κ3) is 3.76. The zero-order chi connectivity index (χ0) is 11.2. The smallest absolute Gasteiger partial charge is 0.308 e. The summed E-state index contributed by atoms with van der Waals surface area (Å²) in [6.07, 6.45) is 5.40. The van der Waals surface area contributed by atoms with Gasteiger partial charge in [-0.25, -0.2) is 0 Å². The fraction of sp³-hybridized carbons (Fsp3) is 0.917. The molecule has 2 rings (SSSR count). The number of rotatable bonds is 5. The van der Waals surface area contributed by atoms with Gasteiger partial charge in [0.1, 0.15) is 0 Å². The van der Waals surface area contributed by atoms with Crippen LogP contribution in [0, 0.1) is 5.92 Å². The minimum atomic E-state index is -0.118. The Labute approximate surface area is 96.7 Å². The van der Waals surface area contributed by atoms with Gasteiger partial charge in [-0.15, -0.1) is 0 Å². The van der Waals surface area contributed by atoms with Crippen LogP contribution in [0.4, 0.5) is 0 Å². The summed E-state index contributed by atoms with van der Waals surface area (Å²) in [5, 5.41) is 3.20. The number of esters is 1. The fourth-order valence-electron chi connectivity index (χ4n) is 2.12. The first kappa shape index (κ1) is 11.9. The van der Waals surface area contributed by atoms with Crippen molar-refractivity contribution in [3.05, 3.63) is 0 Å². The zero-order valence-electron chi connectivity index (χ0n) is 9.74. The van der Waals surface area contributed by atoms with Crippen LogP contribution in [0.5, 0.6) is 0 Å². The Balaban J connectivity index is 1.52. The summed E-state index contributed by atoms with van der Waals surface area (Å²) >= 11 is 0. The highest BCUT2D eigenvalue weighted by molar-refractivity contribution is 5.70. The maximum absolute atomic E-state index is 11.5. The standard InChI is InChI=1S/C12H21NO3/c14-12(8-11-9-13-5-7-15-11)16-6-4-10-2-1-3-10/h10-11,13H,1-9H2. The van der Waals surface area contributed by atoms with Gasteiger partial charge in [0.25, 0.3) is 0 Å². The molecule has 4 nitrogen and oxygen atoms in total.